The molecule has 6 heteroatoms. The number of para-hydroxylation sites is 1. The monoisotopic (exact) mass is 315 g/mol. The number of nitrogens with zero attached hydrogens (tertiary/aromatic N) is 1. The average molecular weight is 315 g/mol. The normalized spacial score (nSPS) is 20.4. The molecule has 1 N–H and O–H groups in total. The van der Waals surface area contributed by atoms with Gasteiger partial charge in [0.1, 0.15) is 0 Å². The van der Waals surface area contributed by atoms with Gasteiger partial charge in [-0.3, -0.25) is 4.90 Å². The zero-order valence-electron chi connectivity index (χ0n) is 13.0. The van der Waals surface area contributed by atoms with Crippen molar-refractivity contribution in [2.75, 3.05) is 13.7 Å². The van der Waals surface area contributed by atoms with Crippen LogP contribution in [0.3, 0.4) is 0 Å². The van der Waals surface area contributed by atoms with E-state index in [0.717, 1.165) is 19.4 Å². The second-order valence-electron chi connectivity index (χ2n) is 5.68. The molecule has 1 aliphatic heterocycles. The summed E-state index contributed by atoms with van der Waals surface area (Å²) in [6.45, 7) is 0.286. The van der Waals surface area contributed by atoms with Crippen LogP contribution < -0.4 is 9.47 Å². The lowest BCUT2D eigenvalue weighted by Gasteiger charge is -2.26. The zero-order valence-corrected chi connectivity index (χ0v) is 13.0. The summed E-state index contributed by atoms with van der Waals surface area (Å²) in [5, 5.41) is 9.58. The number of hydrogen-bond donors (Lipinski definition) is 1. The Hall–Kier alpha value is -1.40. The maximum atomic E-state index is 12.7. The van der Waals surface area contributed by atoms with Crippen molar-refractivity contribution < 1.29 is 23.4 Å². The van der Waals surface area contributed by atoms with Crippen LogP contribution in [0.15, 0.2) is 18.2 Å². The molecule has 124 valence electrons. The summed E-state index contributed by atoms with van der Waals surface area (Å²) in [6, 6.07) is 5.42. The first-order valence-electron chi connectivity index (χ1n) is 7.54. The maximum absolute atomic E-state index is 12.7. The van der Waals surface area contributed by atoms with Gasteiger partial charge in [0.05, 0.1) is 13.2 Å². The number of aliphatic hydroxyl groups excluding tert-OH is 1. The van der Waals surface area contributed by atoms with Gasteiger partial charge in [-0.15, -0.1) is 0 Å². The summed E-state index contributed by atoms with van der Waals surface area (Å²) in [5.41, 5.74) is 0.678. The molecule has 0 saturated carbocycles. The SMILES string of the molecule is COc1cccc(CN2CCCC2CC(C)O)c1OC(F)F. The molecule has 1 aromatic carbocycles. The minimum atomic E-state index is -2.89. The molecule has 0 amide bonds. The highest BCUT2D eigenvalue weighted by Crippen LogP contribution is 2.35. The smallest absolute Gasteiger partial charge is 0.387 e. The van der Waals surface area contributed by atoms with Crippen LogP contribution in [0, 0.1) is 0 Å². The maximum Gasteiger partial charge on any atom is 0.387 e. The molecule has 1 heterocycles. The lowest BCUT2D eigenvalue weighted by atomic mass is 10.1. The van der Waals surface area contributed by atoms with Crippen molar-refractivity contribution in [2.24, 2.45) is 0 Å². The molecule has 0 aliphatic carbocycles. The Morgan fingerprint density at radius 1 is 1.41 bits per heavy atom. The van der Waals surface area contributed by atoms with Gasteiger partial charge >= 0.3 is 6.61 Å². The zero-order chi connectivity index (χ0) is 16.1. The number of methoxy groups -OCH3 is 1. The van der Waals surface area contributed by atoms with Gasteiger partial charge in [0.2, 0.25) is 0 Å². The molecule has 22 heavy (non-hydrogen) atoms. The van der Waals surface area contributed by atoms with Crippen LogP contribution in [-0.2, 0) is 6.54 Å². The third kappa shape index (κ3) is 4.30. The average Bonchev–Trinajstić information content (AvgIpc) is 2.86. The minimum absolute atomic E-state index is 0.0997. The number of aliphatic hydroxyl groups is 1. The molecule has 1 fully saturated rings. The Bertz CT molecular complexity index is 482. The third-order valence-corrected chi connectivity index (χ3v) is 3.97. The van der Waals surface area contributed by atoms with Crippen LogP contribution in [0.2, 0.25) is 0 Å². The molecule has 2 rings (SSSR count). The van der Waals surface area contributed by atoms with Crippen molar-refractivity contribution in [3.8, 4) is 11.5 Å². The largest absolute Gasteiger partial charge is 0.493 e. The Balaban J connectivity index is 2.17. The van der Waals surface area contributed by atoms with E-state index in [0.29, 0.717) is 24.3 Å². The van der Waals surface area contributed by atoms with Crippen LogP contribution >= 0.6 is 0 Å². The summed E-state index contributed by atoms with van der Waals surface area (Å²) in [6.07, 6.45) is 2.38. The quantitative estimate of drug-likeness (QED) is 0.840. The lowest BCUT2D eigenvalue weighted by Crippen LogP contribution is -2.31. The minimum Gasteiger partial charge on any atom is -0.493 e. The van der Waals surface area contributed by atoms with Crippen molar-refractivity contribution in [3.63, 3.8) is 0 Å². The van der Waals surface area contributed by atoms with Crippen molar-refractivity contribution in [3.05, 3.63) is 23.8 Å². The Labute approximate surface area is 129 Å². The van der Waals surface area contributed by atoms with Gasteiger partial charge in [0, 0.05) is 18.2 Å². The molecule has 0 aromatic heterocycles. The van der Waals surface area contributed by atoms with E-state index in [1.54, 1.807) is 25.1 Å². The van der Waals surface area contributed by atoms with E-state index in [-0.39, 0.29) is 17.9 Å². The summed E-state index contributed by atoms with van der Waals surface area (Å²) in [7, 11) is 1.43. The van der Waals surface area contributed by atoms with Crippen LogP contribution in [0.25, 0.3) is 0 Å². The molecule has 1 aromatic rings. The number of ether oxygens (including phenoxy) is 2. The van der Waals surface area contributed by atoms with Crippen molar-refractivity contribution in [1.29, 1.82) is 0 Å². The van der Waals surface area contributed by atoms with Crippen LogP contribution in [0.4, 0.5) is 8.78 Å². The molecule has 2 unspecified atom stereocenters. The number of benzene rings is 1. The van der Waals surface area contributed by atoms with Gasteiger partial charge in [0.25, 0.3) is 0 Å². The van der Waals surface area contributed by atoms with Crippen LogP contribution in [0.1, 0.15) is 31.7 Å². The van der Waals surface area contributed by atoms with Gasteiger partial charge in [-0.05, 0) is 38.8 Å². The lowest BCUT2D eigenvalue weighted by molar-refractivity contribution is -0.0522. The number of rotatable bonds is 7. The Morgan fingerprint density at radius 2 is 2.18 bits per heavy atom. The van der Waals surface area contributed by atoms with Crippen LogP contribution in [-0.4, -0.2) is 42.4 Å². The number of alkyl halides is 2. The molecule has 0 radical (unpaired) electrons. The van der Waals surface area contributed by atoms with E-state index < -0.39 is 6.61 Å². The summed E-state index contributed by atoms with van der Waals surface area (Å²) in [4.78, 5) is 2.21. The van der Waals surface area contributed by atoms with Crippen LogP contribution in [0.5, 0.6) is 11.5 Å². The second kappa shape index (κ2) is 7.74. The Kier molecular flexibility index (Phi) is 5.97. The van der Waals surface area contributed by atoms with Gasteiger partial charge in [-0.1, -0.05) is 12.1 Å². The van der Waals surface area contributed by atoms with E-state index in [9.17, 15) is 13.9 Å². The summed E-state index contributed by atoms with van der Waals surface area (Å²) >= 11 is 0. The van der Waals surface area contributed by atoms with Crippen molar-refractivity contribution in [2.45, 2.75) is 51.5 Å². The molecular weight excluding hydrogens is 292 g/mol. The standard InChI is InChI=1S/C16H23F2NO3/c1-11(20)9-13-6-4-8-19(13)10-12-5-3-7-14(21-2)15(12)22-16(17)18/h3,5,7,11,13,16,20H,4,6,8-10H2,1-2H3. The third-order valence-electron chi connectivity index (χ3n) is 3.97. The summed E-state index contributed by atoms with van der Waals surface area (Å²) in [5.74, 6) is 0.409. The van der Waals surface area contributed by atoms with Gasteiger partial charge in [-0.2, -0.15) is 8.78 Å². The molecule has 1 aliphatic rings. The highest BCUT2D eigenvalue weighted by Gasteiger charge is 2.27. The first-order valence-corrected chi connectivity index (χ1v) is 7.54. The first kappa shape index (κ1) is 17.0. The fourth-order valence-corrected chi connectivity index (χ4v) is 3.05. The van der Waals surface area contributed by atoms with E-state index in [1.807, 2.05) is 0 Å². The molecular formula is C16H23F2NO3. The topological polar surface area (TPSA) is 41.9 Å². The fraction of sp³-hybridized carbons (Fsp3) is 0.625. The highest BCUT2D eigenvalue weighted by atomic mass is 19.3. The number of halogens is 2. The highest BCUT2D eigenvalue weighted by molar-refractivity contribution is 5.46. The first-order chi connectivity index (χ1) is 10.5. The molecule has 2 atom stereocenters. The molecule has 1 saturated heterocycles. The van der Waals surface area contributed by atoms with Gasteiger partial charge < -0.3 is 14.6 Å². The fourth-order valence-electron chi connectivity index (χ4n) is 3.05. The predicted octanol–water partition coefficient (Wildman–Crippen LogP) is 3.03. The number of likely N-dealkylation sites (tertiary alicyclic amines) is 1. The molecule has 4 nitrogen and oxygen atoms in total. The second-order valence-corrected chi connectivity index (χ2v) is 5.68. The summed E-state index contributed by atoms with van der Waals surface area (Å²) < 4.78 is 35.1. The van der Waals surface area contributed by atoms with E-state index >= 15 is 0 Å². The van der Waals surface area contributed by atoms with Gasteiger partial charge in [0.15, 0.2) is 11.5 Å². The predicted molar refractivity (Wildman–Crippen MR) is 79.4 cm³/mol. The van der Waals surface area contributed by atoms with Gasteiger partial charge in [-0.25, -0.2) is 0 Å². The van der Waals surface area contributed by atoms with E-state index in [2.05, 4.69) is 9.64 Å². The van der Waals surface area contributed by atoms with E-state index in [1.165, 1.54) is 7.11 Å². The van der Waals surface area contributed by atoms with Crippen molar-refractivity contribution >= 4 is 0 Å². The molecule has 0 spiro atoms. The Morgan fingerprint density at radius 3 is 2.82 bits per heavy atom. The van der Waals surface area contributed by atoms with Crippen molar-refractivity contribution in [1.82, 2.24) is 4.90 Å². The van der Waals surface area contributed by atoms with E-state index in [4.69, 9.17) is 4.74 Å². The molecule has 0 bridgehead atoms. The number of hydrogen-bond acceptors (Lipinski definition) is 4.